The monoisotopic (exact) mass is 500 g/mol. The second-order valence-electron chi connectivity index (χ2n) is 9.03. The van der Waals surface area contributed by atoms with E-state index in [2.05, 4.69) is 27.8 Å². The van der Waals surface area contributed by atoms with E-state index >= 15 is 0 Å². The molecule has 4 heterocycles. The average Bonchev–Trinajstić information content (AvgIpc) is 3.59. The Morgan fingerprint density at radius 1 is 1.11 bits per heavy atom. The Labute approximate surface area is 209 Å². The molecule has 5 rings (SSSR count). The number of amides is 1. The van der Waals surface area contributed by atoms with Crippen LogP contribution in [0.5, 0.6) is 11.5 Å². The van der Waals surface area contributed by atoms with Gasteiger partial charge in [-0.2, -0.15) is 11.3 Å². The first-order valence-corrected chi connectivity index (χ1v) is 13.2. The fourth-order valence-corrected chi connectivity index (χ4v) is 5.34. The predicted molar refractivity (Wildman–Crippen MR) is 131 cm³/mol. The number of piperazine rings is 1. The zero-order valence-electron chi connectivity index (χ0n) is 19.8. The summed E-state index contributed by atoms with van der Waals surface area (Å²) in [7, 11) is 0. The van der Waals surface area contributed by atoms with Crippen LogP contribution in [0.3, 0.4) is 0 Å². The van der Waals surface area contributed by atoms with Crippen LogP contribution < -0.4 is 9.47 Å². The molecule has 0 spiro atoms. The van der Waals surface area contributed by atoms with Crippen molar-refractivity contribution in [3.8, 4) is 11.5 Å². The zero-order valence-corrected chi connectivity index (χ0v) is 20.6. The molecule has 9 heteroatoms. The minimum absolute atomic E-state index is 0.0726. The van der Waals surface area contributed by atoms with Crippen molar-refractivity contribution in [3.05, 3.63) is 58.0 Å². The van der Waals surface area contributed by atoms with Crippen molar-refractivity contribution >= 4 is 17.2 Å². The van der Waals surface area contributed by atoms with E-state index in [-0.39, 0.29) is 25.2 Å². The first-order chi connectivity index (χ1) is 17.2. The zero-order chi connectivity index (χ0) is 24.0. The van der Waals surface area contributed by atoms with Gasteiger partial charge >= 0.3 is 0 Å². The first kappa shape index (κ1) is 24.1. The number of rotatable bonds is 9. The number of benzene rings is 1. The largest absolute Gasteiger partial charge is 0.459 e. The molecule has 0 saturated carbocycles. The van der Waals surface area contributed by atoms with E-state index in [1.165, 1.54) is 11.1 Å². The highest BCUT2D eigenvalue weighted by molar-refractivity contribution is 7.08. The number of carbonyl (C=O) groups excluding carboxylic acids is 1. The van der Waals surface area contributed by atoms with Gasteiger partial charge in [-0.25, -0.2) is 0 Å². The molecule has 3 aliphatic heterocycles. The lowest BCUT2D eigenvalue weighted by atomic mass is 9.95. The van der Waals surface area contributed by atoms with Gasteiger partial charge in [0.05, 0.1) is 6.61 Å². The standard InChI is InChI=1S/C26H32N2O6S/c29-10-1-2-11-31-25-15-21(20-5-12-35-17-20)14-24(34-25)26(30)28-8-6-27(7-9-28)16-19-3-4-22-23(13-19)33-18-32-22/h3-5,12-14,17,21,25,29H,1-2,6-11,15-16,18H2. The molecule has 188 valence electrons. The van der Waals surface area contributed by atoms with Gasteiger partial charge in [-0.05, 0) is 59.0 Å². The van der Waals surface area contributed by atoms with E-state index in [1.54, 1.807) is 11.3 Å². The van der Waals surface area contributed by atoms with Crippen LogP contribution in [0.15, 0.2) is 46.9 Å². The van der Waals surface area contributed by atoms with Gasteiger partial charge in [-0.15, -0.1) is 0 Å². The molecule has 1 aromatic heterocycles. The van der Waals surface area contributed by atoms with E-state index in [0.717, 1.165) is 37.6 Å². The van der Waals surface area contributed by atoms with Gasteiger partial charge in [0.2, 0.25) is 13.1 Å². The van der Waals surface area contributed by atoms with Gasteiger partial charge in [0, 0.05) is 51.7 Å². The molecular formula is C26H32N2O6S. The lowest BCUT2D eigenvalue weighted by Gasteiger charge is -2.36. The van der Waals surface area contributed by atoms with Crippen molar-refractivity contribution in [2.24, 2.45) is 0 Å². The Kier molecular flexibility index (Phi) is 7.88. The molecule has 2 atom stereocenters. The number of hydrogen-bond donors (Lipinski definition) is 1. The third-order valence-electron chi connectivity index (χ3n) is 6.60. The first-order valence-electron chi connectivity index (χ1n) is 12.2. The van der Waals surface area contributed by atoms with Crippen LogP contribution in [-0.2, 0) is 20.8 Å². The molecule has 3 aliphatic rings. The third kappa shape index (κ3) is 5.98. The second kappa shape index (κ2) is 11.4. The number of hydrogen-bond acceptors (Lipinski definition) is 8. The van der Waals surface area contributed by atoms with Crippen molar-refractivity contribution in [1.82, 2.24) is 9.80 Å². The summed E-state index contributed by atoms with van der Waals surface area (Å²) < 4.78 is 22.8. The molecular weight excluding hydrogens is 468 g/mol. The average molecular weight is 501 g/mol. The van der Waals surface area contributed by atoms with Crippen LogP contribution >= 0.6 is 11.3 Å². The number of nitrogens with zero attached hydrogens (tertiary/aromatic N) is 2. The second-order valence-corrected chi connectivity index (χ2v) is 9.81. The number of fused-ring (bicyclic) bond motifs is 1. The number of thiophene rings is 1. The van der Waals surface area contributed by atoms with Crippen molar-refractivity contribution < 1.29 is 28.8 Å². The third-order valence-corrected chi connectivity index (χ3v) is 7.30. The fourth-order valence-electron chi connectivity index (χ4n) is 4.62. The molecule has 0 bridgehead atoms. The maximum atomic E-state index is 13.4. The van der Waals surface area contributed by atoms with Crippen molar-refractivity contribution in [2.45, 2.75) is 38.0 Å². The molecule has 2 aromatic rings. The maximum absolute atomic E-state index is 13.4. The van der Waals surface area contributed by atoms with E-state index in [9.17, 15) is 4.79 Å². The molecule has 0 radical (unpaired) electrons. The Morgan fingerprint density at radius 2 is 1.97 bits per heavy atom. The van der Waals surface area contributed by atoms with E-state index in [4.69, 9.17) is 24.1 Å². The van der Waals surface area contributed by atoms with Gasteiger partial charge in [-0.1, -0.05) is 6.07 Å². The summed E-state index contributed by atoms with van der Waals surface area (Å²) >= 11 is 1.65. The van der Waals surface area contributed by atoms with E-state index in [0.29, 0.717) is 38.3 Å². The van der Waals surface area contributed by atoms with Gasteiger partial charge in [0.25, 0.3) is 5.91 Å². The van der Waals surface area contributed by atoms with Crippen LogP contribution in [0.2, 0.25) is 0 Å². The SMILES string of the molecule is O=C(C1=CC(c2ccsc2)CC(OCCCCO)O1)N1CCN(Cc2ccc3c(c2)OCO3)CC1. The lowest BCUT2D eigenvalue weighted by Crippen LogP contribution is -2.49. The number of aliphatic hydroxyl groups is 1. The molecule has 0 aliphatic carbocycles. The minimum atomic E-state index is -0.463. The van der Waals surface area contributed by atoms with Crippen LogP contribution in [0.25, 0.3) is 0 Å². The van der Waals surface area contributed by atoms with Crippen LogP contribution in [0.1, 0.15) is 36.3 Å². The quantitative estimate of drug-likeness (QED) is 0.529. The Hall–Kier alpha value is -2.59. The predicted octanol–water partition coefficient (Wildman–Crippen LogP) is 3.32. The minimum Gasteiger partial charge on any atom is -0.459 e. The van der Waals surface area contributed by atoms with Gasteiger partial charge in [0.1, 0.15) is 0 Å². The Balaban J connectivity index is 1.18. The summed E-state index contributed by atoms with van der Waals surface area (Å²) in [5.74, 6) is 1.98. The van der Waals surface area contributed by atoms with Gasteiger partial charge < -0.3 is 29.0 Å². The number of unbranched alkanes of at least 4 members (excludes halogenated alkanes) is 1. The maximum Gasteiger partial charge on any atom is 0.288 e. The Morgan fingerprint density at radius 3 is 2.77 bits per heavy atom. The van der Waals surface area contributed by atoms with Crippen molar-refractivity contribution in [2.75, 3.05) is 46.2 Å². The summed E-state index contributed by atoms with van der Waals surface area (Å²) in [5, 5.41) is 13.2. The summed E-state index contributed by atoms with van der Waals surface area (Å²) in [6.07, 6.45) is 3.62. The highest BCUT2D eigenvalue weighted by Crippen LogP contribution is 2.34. The Bertz CT molecular complexity index is 1020. The summed E-state index contributed by atoms with van der Waals surface area (Å²) in [6.45, 7) is 4.62. The van der Waals surface area contributed by atoms with Crippen LogP contribution in [0, 0.1) is 0 Å². The molecule has 2 unspecified atom stereocenters. The van der Waals surface area contributed by atoms with Crippen molar-refractivity contribution in [3.63, 3.8) is 0 Å². The van der Waals surface area contributed by atoms with Crippen LogP contribution in [0.4, 0.5) is 0 Å². The molecule has 1 aromatic carbocycles. The highest BCUT2D eigenvalue weighted by atomic mass is 32.1. The summed E-state index contributed by atoms with van der Waals surface area (Å²) in [6, 6.07) is 8.15. The number of allylic oxidation sites excluding steroid dienone is 1. The smallest absolute Gasteiger partial charge is 0.288 e. The molecule has 35 heavy (non-hydrogen) atoms. The number of carbonyl (C=O) groups is 1. The topological polar surface area (TPSA) is 80.7 Å². The lowest BCUT2D eigenvalue weighted by molar-refractivity contribution is -0.154. The molecule has 8 nitrogen and oxygen atoms in total. The molecule has 1 N–H and O–H groups in total. The normalized spacial score (nSPS) is 22.1. The highest BCUT2D eigenvalue weighted by Gasteiger charge is 2.32. The molecule has 1 fully saturated rings. The number of aliphatic hydroxyl groups excluding tert-OH is 1. The summed E-state index contributed by atoms with van der Waals surface area (Å²) in [5.41, 5.74) is 2.35. The molecule has 1 saturated heterocycles. The summed E-state index contributed by atoms with van der Waals surface area (Å²) in [4.78, 5) is 17.6. The van der Waals surface area contributed by atoms with Crippen LogP contribution in [-0.4, -0.2) is 73.3 Å². The number of ether oxygens (including phenoxy) is 4. The van der Waals surface area contributed by atoms with Crippen molar-refractivity contribution in [1.29, 1.82) is 0 Å². The van der Waals surface area contributed by atoms with Gasteiger partial charge in [0.15, 0.2) is 17.3 Å². The molecule has 1 amide bonds. The van der Waals surface area contributed by atoms with E-state index in [1.807, 2.05) is 23.1 Å². The van der Waals surface area contributed by atoms with E-state index < -0.39 is 6.29 Å². The fraction of sp³-hybridized carbons (Fsp3) is 0.500. The van der Waals surface area contributed by atoms with Gasteiger partial charge in [-0.3, -0.25) is 9.69 Å².